The van der Waals surface area contributed by atoms with Crippen molar-refractivity contribution in [2.45, 2.75) is 13.8 Å². The first kappa shape index (κ1) is 11.1. The molecule has 1 nitrogen and oxygen atoms in total. The minimum absolute atomic E-state index is 0.576. The number of allylic oxidation sites excluding steroid dienone is 6. The quantitative estimate of drug-likeness (QED) is 0.534. The standard InChI is InChI=1S/C14H15N/c1-4-12(14(15)5-2)13-10-8-6-7-9-11(13)3/h4,6,8-10H,2,15H2,1,3H3/b12-4+. The Labute approximate surface area is 91.0 Å². The van der Waals surface area contributed by atoms with Crippen LogP contribution in [-0.4, -0.2) is 0 Å². The summed E-state index contributed by atoms with van der Waals surface area (Å²) in [5.41, 5.74) is 15.4. The second-order valence-electron chi connectivity index (χ2n) is 3.23. The van der Waals surface area contributed by atoms with Crippen molar-refractivity contribution in [2.75, 3.05) is 0 Å². The van der Waals surface area contributed by atoms with Crippen LogP contribution in [0.2, 0.25) is 0 Å². The van der Waals surface area contributed by atoms with Gasteiger partial charge in [-0.3, -0.25) is 0 Å². The first-order valence-corrected chi connectivity index (χ1v) is 4.83. The number of hydrogen-bond donors (Lipinski definition) is 1. The van der Waals surface area contributed by atoms with Crippen LogP contribution in [-0.2, 0) is 0 Å². The molecule has 0 aromatic heterocycles. The Morgan fingerprint density at radius 1 is 1.60 bits per heavy atom. The molecule has 0 aliphatic heterocycles. The van der Waals surface area contributed by atoms with E-state index in [9.17, 15) is 0 Å². The average molecular weight is 197 g/mol. The van der Waals surface area contributed by atoms with Gasteiger partial charge in [0.05, 0.1) is 5.70 Å². The molecule has 0 saturated carbocycles. The van der Waals surface area contributed by atoms with Crippen molar-refractivity contribution in [1.82, 2.24) is 0 Å². The maximum absolute atomic E-state index is 5.83. The minimum Gasteiger partial charge on any atom is -0.392 e. The van der Waals surface area contributed by atoms with Gasteiger partial charge < -0.3 is 5.73 Å². The summed E-state index contributed by atoms with van der Waals surface area (Å²) in [6.07, 6.45) is 9.75. The largest absolute Gasteiger partial charge is 0.392 e. The van der Waals surface area contributed by atoms with Gasteiger partial charge >= 0.3 is 0 Å². The van der Waals surface area contributed by atoms with Gasteiger partial charge in [-0.2, -0.15) is 0 Å². The van der Waals surface area contributed by atoms with Gasteiger partial charge in [0.15, 0.2) is 0 Å². The molecule has 0 saturated heterocycles. The lowest BCUT2D eigenvalue weighted by Crippen LogP contribution is -2.02. The van der Waals surface area contributed by atoms with Crippen molar-refractivity contribution in [3.63, 3.8) is 0 Å². The fourth-order valence-corrected chi connectivity index (χ4v) is 1.44. The maximum Gasteiger partial charge on any atom is 0.0817 e. The van der Waals surface area contributed by atoms with Crippen LogP contribution in [0.15, 0.2) is 70.8 Å². The molecule has 0 atom stereocenters. The van der Waals surface area contributed by atoms with Gasteiger partial charge in [0.2, 0.25) is 0 Å². The molecule has 0 amide bonds. The molecule has 15 heavy (non-hydrogen) atoms. The molecule has 0 unspecified atom stereocenters. The van der Waals surface area contributed by atoms with E-state index in [0.717, 1.165) is 16.7 Å². The van der Waals surface area contributed by atoms with Crippen LogP contribution in [0.25, 0.3) is 0 Å². The number of hydrogen-bond acceptors (Lipinski definition) is 1. The van der Waals surface area contributed by atoms with E-state index in [1.807, 2.05) is 44.2 Å². The smallest absolute Gasteiger partial charge is 0.0817 e. The molecule has 0 fully saturated rings. The Hall–Kier alpha value is -1.94. The fraction of sp³-hybridized carbons (Fsp3) is 0.143. The summed E-state index contributed by atoms with van der Waals surface area (Å²) >= 11 is 0. The van der Waals surface area contributed by atoms with Crippen molar-refractivity contribution in [3.8, 4) is 0 Å². The topological polar surface area (TPSA) is 26.0 Å². The van der Waals surface area contributed by atoms with E-state index in [0.29, 0.717) is 5.70 Å². The fourth-order valence-electron chi connectivity index (χ4n) is 1.44. The van der Waals surface area contributed by atoms with Crippen molar-refractivity contribution < 1.29 is 0 Å². The molecule has 1 aliphatic rings. The van der Waals surface area contributed by atoms with E-state index >= 15 is 0 Å². The summed E-state index contributed by atoms with van der Waals surface area (Å²) in [5, 5.41) is 0. The maximum atomic E-state index is 5.83. The third kappa shape index (κ3) is 2.51. The summed E-state index contributed by atoms with van der Waals surface area (Å²) in [5.74, 6) is 0. The van der Waals surface area contributed by atoms with E-state index in [1.165, 1.54) is 0 Å². The predicted octanol–water partition coefficient (Wildman–Crippen LogP) is 3.16. The lowest BCUT2D eigenvalue weighted by molar-refractivity contribution is 1.28. The number of rotatable bonds is 2. The van der Waals surface area contributed by atoms with Gasteiger partial charge in [0.25, 0.3) is 0 Å². The van der Waals surface area contributed by atoms with Gasteiger partial charge in [0, 0.05) is 5.57 Å². The Morgan fingerprint density at radius 3 is 2.93 bits per heavy atom. The molecule has 0 aromatic carbocycles. The minimum atomic E-state index is 0.576. The van der Waals surface area contributed by atoms with Gasteiger partial charge in [-0.15, -0.1) is 11.5 Å². The predicted molar refractivity (Wildman–Crippen MR) is 65.1 cm³/mol. The van der Waals surface area contributed by atoms with E-state index in [-0.39, 0.29) is 0 Å². The summed E-state index contributed by atoms with van der Waals surface area (Å²) in [7, 11) is 0. The van der Waals surface area contributed by atoms with E-state index in [4.69, 9.17) is 5.73 Å². The monoisotopic (exact) mass is 197 g/mol. The van der Waals surface area contributed by atoms with Crippen LogP contribution in [0, 0.1) is 0 Å². The highest BCUT2D eigenvalue weighted by atomic mass is 14.6. The summed E-state index contributed by atoms with van der Waals surface area (Å²) in [4.78, 5) is 0. The SMILES string of the molecule is C=C=C(N)/C(=C/C)C1=C(C)C=C=CC=C1. The third-order valence-electron chi connectivity index (χ3n) is 2.24. The summed E-state index contributed by atoms with van der Waals surface area (Å²) in [6, 6.07) is 0. The third-order valence-corrected chi connectivity index (χ3v) is 2.24. The Bertz CT molecular complexity index is 458. The normalized spacial score (nSPS) is 15.2. The van der Waals surface area contributed by atoms with E-state index < -0.39 is 0 Å². The highest BCUT2D eigenvalue weighted by Crippen LogP contribution is 2.22. The highest BCUT2D eigenvalue weighted by Gasteiger charge is 2.07. The second kappa shape index (κ2) is 5.07. The van der Waals surface area contributed by atoms with Crippen LogP contribution in [0.1, 0.15) is 13.8 Å². The van der Waals surface area contributed by atoms with E-state index in [2.05, 4.69) is 18.0 Å². The Kier molecular flexibility index (Phi) is 3.76. The zero-order chi connectivity index (χ0) is 11.3. The second-order valence-corrected chi connectivity index (χ2v) is 3.23. The van der Waals surface area contributed by atoms with E-state index in [1.54, 1.807) is 0 Å². The Balaban J connectivity index is 3.29. The molecular weight excluding hydrogens is 182 g/mol. The molecule has 1 rings (SSSR count). The summed E-state index contributed by atoms with van der Waals surface area (Å²) < 4.78 is 0. The zero-order valence-corrected chi connectivity index (χ0v) is 9.17. The molecule has 0 radical (unpaired) electrons. The molecule has 0 heterocycles. The van der Waals surface area contributed by atoms with Crippen LogP contribution < -0.4 is 5.73 Å². The first-order chi connectivity index (χ1) is 7.20. The van der Waals surface area contributed by atoms with Gasteiger partial charge in [0.1, 0.15) is 0 Å². The molecule has 0 spiro atoms. The lowest BCUT2D eigenvalue weighted by Gasteiger charge is -2.08. The van der Waals surface area contributed by atoms with Crippen LogP contribution >= 0.6 is 0 Å². The van der Waals surface area contributed by atoms with Crippen molar-refractivity contribution in [1.29, 1.82) is 0 Å². The molecular formula is C14H15N. The van der Waals surface area contributed by atoms with Crippen molar-refractivity contribution >= 4 is 0 Å². The highest BCUT2D eigenvalue weighted by molar-refractivity contribution is 5.55. The number of nitrogens with two attached hydrogens (primary N) is 1. The molecule has 2 N–H and O–H groups in total. The first-order valence-electron chi connectivity index (χ1n) is 4.83. The van der Waals surface area contributed by atoms with Crippen LogP contribution in [0.5, 0.6) is 0 Å². The van der Waals surface area contributed by atoms with Crippen molar-refractivity contribution in [2.24, 2.45) is 5.73 Å². The van der Waals surface area contributed by atoms with Crippen LogP contribution in [0.3, 0.4) is 0 Å². The van der Waals surface area contributed by atoms with Crippen molar-refractivity contribution in [3.05, 3.63) is 70.8 Å². The molecule has 76 valence electrons. The Morgan fingerprint density at radius 2 is 2.33 bits per heavy atom. The zero-order valence-electron chi connectivity index (χ0n) is 9.17. The van der Waals surface area contributed by atoms with Gasteiger partial charge in [-0.25, -0.2) is 0 Å². The molecule has 1 aliphatic carbocycles. The van der Waals surface area contributed by atoms with Gasteiger partial charge in [-0.05, 0) is 37.1 Å². The van der Waals surface area contributed by atoms with Gasteiger partial charge in [-0.1, -0.05) is 24.8 Å². The molecule has 0 aromatic rings. The van der Waals surface area contributed by atoms with Crippen LogP contribution in [0.4, 0.5) is 0 Å². The average Bonchev–Trinajstić information content (AvgIpc) is 2.45. The molecule has 0 bridgehead atoms. The molecule has 1 heteroatoms. The lowest BCUT2D eigenvalue weighted by atomic mass is 9.98. The summed E-state index contributed by atoms with van der Waals surface area (Å²) in [6.45, 7) is 7.55.